The molecule has 4 aromatic rings. The van der Waals surface area contributed by atoms with Crippen molar-refractivity contribution in [1.29, 1.82) is 0 Å². The van der Waals surface area contributed by atoms with Gasteiger partial charge in [0.1, 0.15) is 10.4 Å². The molecule has 0 unspecified atom stereocenters. The minimum atomic E-state index is -0.198. The van der Waals surface area contributed by atoms with Crippen LogP contribution in [0.3, 0.4) is 0 Å². The number of amides is 1. The minimum Gasteiger partial charge on any atom is -0.496 e. The number of methoxy groups -OCH3 is 1. The van der Waals surface area contributed by atoms with E-state index in [-0.39, 0.29) is 17.2 Å². The number of nitrogens with one attached hydrogen (secondary N) is 1. The highest BCUT2D eigenvalue weighted by molar-refractivity contribution is 7.99. The van der Waals surface area contributed by atoms with Gasteiger partial charge < -0.3 is 10.1 Å². The van der Waals surface area contributed by atoms with Crippen LogP contribution in [-0.4, -0.2) is 28.3 Å². The summed E-state index contributed by atoms with van der Waals surface area (Å²) in [6, 6.07) is 16.2. The Bertz CT molecular complexity index is 1290. The molecule has 0 radical (unpaired) electrons. The van der Waals surface area contributed by atoms with E-state index in [9.17, 15) is 9.59 Å². The Morgan fingerprint density at radius 3 is 2.74 bits per heavy atom. The van der Waals surface area contributed by atoms with Crippen LogP contribution in [0.2, 0.25) is 5.02 Å². The molecule has 0 atom stereocenters. The molecule has 31 heavy (non-hydrogen) atoms. The molecular formula is C22H18ClN3O3S2. The second-order valence-corrected chi connectivity index (χ2v) is 8.87. The zero-order valence-electron chi connectivity index (χ0n) is 16.5. The highest BCUT2D eigenvalue weighted by Crippen LogP contribution is 2.24. The lowest BCUT2D eigenvalue weighted by molar-refractivity contribution is -0.113. The van der Waals surface area contributed by atoms with Crippen LogP contribution in [0.15, 0.2) is 69.9 Å². The van der Waals surface area contributed by atoms with Crippen molar-refractivity contribution in [3.63, 3.8) is 0 Å². The van der Waals surface area contributed by atoms with Crippen molar-refractivity contribution in [3.8, 4) is 5.75 Å². The van der Waals surface area contributed by atoms with Crippen LogP contribution in [0.5, 0.6) is 5.75 Å². The van der Waals surface area contributed by atoms with E-state index in [2.05, 4.69) is 10.3 Å². The van der Waals surface area contributed by atoms with Gasteiger partial charge in [0.2, 0.25) is 5.91 Å². The van der Waals surface area contributed by atoms with Gasteiger partial charge in [-0.25, -0.2) is 4.98 Å². The number of benzene rings is 2. The molecular weight excluding hydrogens is 454 g/mol. The van der Waals surface area contributed by atoms with Gasteiger partial charge in [0.25, 0.3) is 5.56 Å². The summed E-state index contributed by atoms with van der Waals surface area (Å²) in [6.45, 7) is 0.296. The third-order valence-corrected chi connectivity index (χ3v) is 6.63. The van der Waals surface area contributed by atoms with Gasteiger partial charge in [0.15, 0.2) is 5.16 Å². The zero-order valence-corrected chi connectivity index (χ0v) is 18.9. The van der Waals surface area contributed by atoms with Crippen molar-refractivity contribution in [2.75, 3.05) is 18.2 Å². The lowest BCUT2D eigenvalue weighted by Crippen LogP contribution is -2.24. The molecule has 158 valence electrons. The first-order chi connectivity index (χ1) is 15.0. The zero-order chi connectivity index (χ0) is 21.8. The van der Waals surface area contributed by atoms with E-state index in [1.807, 2.05) is 35.7 Å². The smallest absolute Gasteiger partial charge is 0.272 e. The van der Waals surface area contributed by atoms with Gasteiger partial charge in [-0.15, -0.1) is 11.3 Å². The Balaban J connectivity index is 1.60. The molecule has 0 aliphatic heterocycles. The summed E-state index contributed by atoms with van der Waals surface area (Å²) in [7, 11) is 1.60. The fourth-order valence-electron chi connectivity index (χ4n) is 3.04. The molecule has 0 bridgehead atoms. The molecule has 2 heterocycles. The van der Waals surface area contributed by atoms with Gasteiger partial charge in [-0.2, -0.15) is 0 Å². The molecule has 2 aromatic carbocycles. The minimum absolute atomic E-state index is 0.108. The predicted molar refractivity (Wildman–Crippen MR) is 127 cm³/mol. The number of nitrogens with zero attached hydrogens (tertiary/aromatic N) is 2. The van der Waals surface area contributed by atoms with Crippen molar-refractivity contribution in [3.05, 3.63) is 80.9 Å². The predicted octanol–water partition coefficient (Wildman–Crippen LogP) is 4.90. The lowest BCUT2D eigenvalue weighted by atomic mass is 10.2. The molecule has 0 saturated carbocycles. The van der Waals surface area contributed by atoms with Crippen LogP contribution < -0.4 is 15.6 Å². The SMILES string of the molecule is COc1ccccc1Cn1c(SCC(=O)Nc2ccc(Cl)cc2)nc2ccsc2c1=O. The van der Waals surface area contributed by atoms with Crippen LogP contribution in [0, 0.1) is 0 Å². The second kappa shape index (κ2) is 9.55. The first kappa shape index (κ1) is 21.4. The maximum absolute atomic E-state index is 13.1. The molecule has 2 aromatic heterocycles. The molecule has 0 saturated heterocycles. The summed E-state index contributed by atoms with van der Waals surface area (Å²) < 4.78 is 7.61. The molecule has 4 rings (SSSR count). The molecule has 6 nitrogen and oxygen atoms in total. The number of ether oxygens (including phenoxy) is 1. The summed E-state index contributed by atoms with van der Waals surface area (Å²) in [5.41, 5.74) is 2.01. The lowest BCUT2D eigenvalue weighted by Gasteiger charge is -2.14. The molecule has 1 amide bonds. The molecule has 9 heteroatoms. The third-order valence-electron chi connectivity index (χ3n) is 4.51. The number of hydrogen-bond donors (Lipinski definition) is 1. The number of anilines is 1. The summed E-state index contributed by atoms with van der Waals surface area (Å²) >= 11 is 8.46. The number of aromatic nitrogens is 2. The van der Waals surface area contributed by atoms with Crippen LogP contribution in [0.4, 0.5) is 5.69 Å². The number of carbonyl (C=O) groups excluding carboxylic acids is 1. The van der Waals surface area contributed by atoms with Gasteiger partial charge in [-0.3, -0.25) is 14.2 Å². The quantitative estimate of drug-likeness (QED) is 0.306. The molecule has 1 N–H and O–H groups in total. The number of rotatable bonds is 7. The number of fused-ring (bicyclic) bond motifs is 1. The average Bonchev–Trinajstić information content (AvgIpc) is 3.25. The van der Waals surface area contributed by atoms with Crippen molar-refractivity contribution >= 4 is 56.5 Å². The fourth-order valence-corrected chi connectivity index (χ4v) is 4.74. The van der Waals surface area contributed by atoms with E-state index in [0.717, 1.165) is 5.56 Å². The van der Waals surface area contributed by atoms with Crippen molar-refractivity contribution in [2.45, 2.75) is 11.7 Å². The number of thioether (sulfide) groups is 1. The van der Waals surface area contributed by atoms with Crippen molar-refractivity contribution < 1.29 is 9.53 Å². The highest BCUT2D eigenvalue weighted by Gasteiger charge is 2.16. The van der Waals surface area contributed by atoms with E-state index in [1.165, 1.54) is 23.1 Å². The highest BCUT2D eigenvalue weighted by atomic mass is 35.5. The first-order valence-corrected chi connectivity index (χ1v) is 11.6. The van der Waals surface area contributed by atoms with E-state index in [0.29, 0.717) is 38.4 Å². The molecule has 0 spiro atoms. The van der Waals surface area contributed by atoms with E-state index < -0.39 is 0 Å². The standard InChI is InChI=1S/C22H18ClN3O3S2/c1-29-18-5-3-2-4-14(18)12-26-21(28)20-17(10-11-30-20)25-22(26)31-13-19(27)24-16-8-6-15(23)7-9-16/h2-11H,12-13H2,1H3,(H,24,27). The third kappa shape index (κ3) is 4.92. The van der Waals surface area contributed by atoms with Crippen molar-refractivity contribution in [1.82, 2.24) is 9.55 Å². The maximum Gasteiger partial charge on any atom is 0.272 e. The molecule has 0 fully saturated rings. The number of halogens is 1. The van der Waals surface area contributed by atoms with E-state index in [4.69, 9.17) is 16.3 Å². The van der Waals surface area contributed by atoms with Gasteiger partial charge in [-0.05, 0) is 41.8 Å². The number of hydrogen-bond acceptors (Lipinski definition) is 6. The summed E-state index contributed by atoms with van der Waals surface area (Å²) in [5, 5.41) is 5.74. The van der Waals surface area contributed by atoms with E-state index in [1.54, 1.807) is 35.9 Å². The largest absolute Gasteiger partial charge is 0.496 e. The monoisotopic (exact) mass is 471 g/mol. The summed E-state index contributed by atoms with van der Waals surface area (Å²) in [6.07, 6.45) is 0. The Kier molecular flexibility index (Phi) is 6.60. The maximum atomic E-state index is 13.1. The van der Waals surface area contributed by atoms with Crippen LogP contribution in [0.1, 0.15) is 5.56 Å². The van der Waals surface area contributed by atoms with Gasteiger partial charge in [-0.1, -0.05) is 41.6 Å². The topological polar surface area (TPSA) is 73.2 Å². The average molecular weight is 472 g/mol. The Labute approximate surface area is 191 Å². The first-order valence-electron chi connectivity index (χ1n) is 9.33. The molecule has 0 aliphatic rings. The van der Waals surface area contributed by atoms with Gasteiger partial charge in [0, 0.05) is 16.3 Å². The summed E-state index contributed by atoms with van der Waals surface area (Å²) in [5.74, 6) is 0.601. The molecule has 0 aliphatic carbocycles. The van der Waals surface area contributed by atoms with Gasteiger partial charge >= 0.3 is 0 Å². The normalized spacial score (nSPS) is 10.9. The van der Waals surface area contributed by atoms with Gasteiger partial charge in [0.05, 0.1) is 24.9 Å². The van der Waals surface area contributed by atoms with Crippen LogP contribution in [-0.2, 0) is 11.3 Å². The van der Waals surface area contributed by atoms with Crippen LogP contribution in [0.25, 0.3) is 10.2 Å². The van der Waals surface area contributed by atoms with E-state index >= 15 is 0 Å². The van der Waals surface area contributed by atoms with Crippen LogP contribution >= 0.6 is 34.7 Å². The second-order valence-electron chi connectivity index (χ2n) is 6.58. The Morgan fingerprint density at radius 1 is 1.19 bits per heavy atom. The number of para-hydroxylation sites is 1. The number of carbonyl (C=O) groups is 1. The Morgan fingerprint density at radius 2 is 1.97 bits per heavy atom. The fraction of sp³-hybridized carbons (Fsp3) is 0.136. The van der Waals surface area contributed by atoms with Crippen molar-refractivity contribution in [2.24, 2.45) is 0 Å². The Hall–Kier alpha value is -2.81. The summed E-state index contributed by atoms with van der Waals surface area (Å²) in [4.78, 5) is 30.2. The number of thiophene rings is 1.